The van der Waals surface area contributed by atoms with Crippen molar-refractivity contribution < 1.29 is 0 Å². The topological polar surface area (TPSA) is 12.0 Å². The highest BCUT2D eigenvalue weighted by molar-refractivity contribution is 8.11. The first-order valence-corrected chi connectivity index (χ1v) is 3.89. The lowest BCUT2D eigenvalue weighted by Gasteiger charge is -1.91. The fourth-order valence-corrected chi connectivity index (χ4v) is 0.321. The van der Waals surface area contributed by atoms with E-state index in [1.807, 2.05) is 0 Å². The van der Waals surface area contributed by atoms with E-state index < -0.39 is 0 Å². The molecule has 0 aliphatic heterocycles. The van der Waals surface area contributed by atoms with Crippen LogP contribution in [0, 0.1) is 6.92 Å². The third-order valence-electron chi connectivity index (χ3n) is 0.276. The van der Waals surface area contributed by atoms with Gasteiger partial charge in [0.05, 0.1) is 0 Å². The summed E-state index contributed by atoms with van der Waals surface area (Å²) in [5.74, 6) is 0. The molecule has 0 saturated heterocycles. The standard InChI is InChI=1S/C3H6NS2.3C2H4/c1-2-4-3(5)6;3*1-2/h1-2H2,(H2,4,5,6);3*1-2H2. The smallest absolute Gasteiger partial charge is 0.130 e. The summed E-state index contributed by atoms with van der Waals surface area (Å²) in [5, 5.41) is 2.69. The molecule has 1 nitrogen and oxygen atoms in total. The Morgan fingerprint density at radius 1 is 1.08 bits per heavy atom. The molecule has 0 aromatic heterocycles. The van der Waals surface area contributed by atoms with Gasteiger partial charge in [-0.1, -0.05) is 12.2 Å². The number of hydrogen-bond acceptors (Lipinski definition) is 1. The number of nitrogens with one attached hydrogen (secondary N) is 1. The van der Waals surface area contributed by atoms with E-state index in [0.29, 0.717) is 10.9 Å². The van der Waals surface area contributed by atoms with Gasteiger partial charge in [-0.3, -0.25) is 0 Å². The zero-order valence-corrected chi connectivity index (χ0v) is 9.22. The molecule has 3 heteroatoms. The van der Waals surface area contributed by atoms with Crippen LogP contribution in [0.1, 0.15) is 0 Å². The number of thiol groups is 1. The van der Waals surface area contributed by atoms with Gasteiger partial charge in [0.2, 0.25) is 0 Å². The van der Waals surface area contributed by atoms with E-state index >= 15 is 0 Å². The van der Waals surface area contributed by atoms with Crippen LogP contribution in [-0.2, 0) is 0 Å². The highest BCUT2D eigenvalue weighted by Gasteiger charge is 1.75. The van der Waals surface area contributed by atoms with Gasteiger partial charge in [-0.25, -0.2) is 0 Å². The maximum absolute atomic E-state index is 4.51. The first-order valence-electron chi connectivity index (χ1n) is 3.03. The molecule has 0 bridgehead atoms. The van der Waals surface area contributed by atoms with Crippen molar-refractivity contribution >= 4 is 29.2 Å². The van der Waals surface area contributed by atoms with E-state index in [-0.39, 0.29) is 0 Å². The molecule has 0 atom stereocenters. The van der Waals surface area contributed by atoms with Crippen molar-refractivity contribution in [2.24, 2.45) is 0 Å². The molecule has 0 unspecified atom stereocenters. The second kappa shape index (κ2) is 47.1. The first kappa shape index (κ1) is 22.5. The molecule has 0 aromatic carbocycles. The van der Waals surface area contributed by atoms with Crippen molar-refractivity contribution in [3.8, 4) is 0 Å². The van der Waals surface area contributed by atoms with Gasteiger partial charge in [0.25, 0.3) is 0 Å². The van der Waals surface area contributed by atoms with Crippen molar-refractivity contribution in [3.63, 3.8) is 0 Å². The Kier molecular flexibility index (Phi) is 88.4. The molecule has 0 heterocycles. The Morgan fingerprint density at radius 3 is 1.33 bits per heavy atom. The van der Waals surface area contributed by atoms with Gasteiger partial charge in [0.15, 0.2) is 0 Å². The lowest BCUT2D eigenvalue weighted by Crippen LogP contribution is -2.14. The summed E-state index contributed by atoms with van der Waals surface area (Å²) < 4.78 is 0.505. The van der Waals surface area contributed by atoms with Crippen LogP contribution in [-0.4, -0.2) is 10.9 Å². The van der Waals surface area contributed by atoms with Crippen LogP contribution < -0.4 is 5.32 Å². The maximum atomic E-state index is 4.51. The van der Waals surface area contributed by atoms with E-state index in [4.69, 9.17) is 0 Å². The maximum Gasteiger partial charge on any atom is 0.130 e. The van der Waals surface area contributed by atoms with E-state index in [0.717, 1.165) is 0 Å². The highest BCUT2D eigenvalue weighted by Crippen LogP contribution is 1.72. The molecule has 0 saturated carbocycles. The molecular weight excluding hydrogens is 186 g/mol. The normalized spacial score (nSPS) is 4.83. The molecule has 0 rings (SSSR count). The highest BCUT2D eigenvalue weighted by atomic mass is 32.1. The zero-order chi connectivity index (χ0) is 11.0. The van der Waals surface area contributed by atoms with Gasteiger partial charge in [0.1, 0.15) is 4.32 Å². The molecule has 12 heavy (non-hydrogen) atoms. The fraction of sp³-hybridized carbons (Fsp3) is 0.111. The van der Waals surface area contributed by atoms with Gasteiger partial charge in [-0.15, -0.1) is 52.1 Å². The Hall–Kier alpha value is -0.540. The quantitative estimate of drug-likeness (QED) is 0.387. The second-order valence-electron chi connectivity index (χ2n) is 0.732. The number of hydrogen-bond donors (Lipinski definition) is 2. The second-order valence-corrected chi connectivity index (χ2v) is 1.89. The fourth-order valence-electron chi connectivity index (χ4n) is 0.107. The molecular formula is C9H18NS2. The van der Waals surface area contributed by atoms with Crippen LogP contribution in [0.4, 0.5) is 0 Å². The molecule has 0 spiro atoms. The third-order valence-corrected chi connectivity index (χ3v) is 0.579. The van der Waals surface area contributed by atoms with Crippen LogP contribution in [0.3, 0.4) is 0 Å². The minimum absolute atomic E-state index is 0.505. The average molecular weight is 204 g/mol. The summed E-state index contributed by atoms with van der Waals surface area (Å²) in [7, 11) is 0. The Labute approximate surface area is 87.7 Å². The average Bonchev–Trinajstić information content (AvgIpc) is 2.14. The van der Waals surface area contributed by atoms with Gasteiger partial charge >= 0.3 is 0 Å². The summed E-state index contributed by atoms with van der Waals surface area (Å²) in [6.07, 6.45) is 0. The van der Waals surface area contributed by atoms with Crippen LogP contribution in [0.5, 0.6) is 0 Å². The number of thiocarbonyl (C=S) groups is 1. The molecule has 1 radical (unpaired) electrons. The monoisotopic (exact) mass is 204 g/mol. The van der Waals surface area contributed by atoms with Crippen molar-refractivity contribution in [1.29, 1.82) is 0 Å². The number of rotatable bonds is 1. The molecule has 71 valence electrons. The van der Waals surface area contributed by atoms with Crippen molar-refractivity contribution in [2.45, 2.75) is 0 Å². The summed E-state index contributed by atoms with van der Waals surface area (Å²) in [6, 6.07) is 0. The van der Waals surface area contributed by atoms with E-state index in [9.17, 15) is 0 Å². The molecule has 0 amide bonds. The largest absolute Gasteiger partial charge is 0.371 e. The molecule has 0 aliphatic rings. The lowest BCUT2D eigenvalue weighted by molar-refractivity contribution is 1.08. The summed E-state index contributed by atoms with van der Waals surface area (Å²) >= 11 is 8.27. The first-order chi connectivity index (χ1) is 5.77. The Bertz CT molecular complexity index is 79.8. The van der Waals surface area contributed by atoms with E-state index in [1.54, 1.807) is 0 Å². The summed E-state index contributed by atoms with van der Waals surface area (Å²) in [6.45, 7) is 22.1. The molecule has 0 aromatic rings. The molecule has 0 aliphatic carbocycles. The predicted molar refractivity (Wildman–Crippen MR) is 68.7 cm³/mol. The zero-order valence-electron chi connectivity index (χ0n) is 7.51. The Balaban J connectivity index is -0.0000000453. The van der Waals surface area contributed by atoms with Gasteiger partial charge in [-0.2, -0.15) is 0 Å². The van der Waals surface area contributed by atoms with Crippen molar-refractivity contribution in [1.82, 2.24) is 5.32 Å². The summed E-state index contributed by atoms with van der Waals surface area (Å²) in [4.78, 5) is 0. The van der Waals surface area contributed by atoms with E-state index in [2.05, 4.69) is 76.6 Å². The lowest BCUT2D eigenvalue weighted by atomic mass is 10.8. The van der Waals surface area contributed by atoms with E-state index in [1.165, 1.54) is 0 Å². The molecule has 0 fully saturated rings. The minimum Gasteiger partial charge on any atom is -0.371 e. The SMILES string of the molecule is C=C.C=C.C=C.[CH2]CNC(=S)S. The predicted octanol–water partition coefficient (Wildman–Crippen LogP) is 3.03. The minimum atomic E-state index is 0.505. The van der Waals surface area contributed by atoms with Gasteiger partial charge in [-0.05, 0) is 6.92 Å². The van der Waals surface area contributed by atoms with Gasteiger partial charge in [0, 0.05) is 6.54 Å². The summed E-state index contributed by atoms with van der Waals surface area (Å²) in [5.41, 5.74) is 0. The van der Waals surface area contributed by atoms with Crippen LogP contribution >= 0.6 is 24.8 Å². The third kappa shape index (κ3) is 112. The Morgan fingerprint density at radius 2 is 1.33 bits per heavy atom. The van der Waals surface area contributed by atoms with Crippen LogP contribution in [0.2, 0.25) is 0 Å². The van der Waals surface area contributed by atoms with Crippen LogP contribution in [0.15, 0.2) is 39.5 Å². The van der Waals surface area contributed by atoms with Gasteiger partial charge < -0.3 is 5.32 Å². The van der Waals surface area contributed by atoms with Crippen molar-refractivity contribution in [2.75, 3.05) is 6.54 Å². The molecule has 1 N–H and O–H groups in total. The van der Waals surface area contributed by atoms with Crippen LogP contribution in [0.25, 0.3) is 0 Å². The van der Waals surface area contributed by atoms with Crippen molar-refractivity contribution in [3.05, 3.63) is 46.4 Å².